The molecule has 2 N–H and O–H groups in total. The fourth-order valence-electron chi connectivity index (χ4n) is 5.57. The number of hydrogen-bond acceptors (Lipinski definition) is 7. The molecule has 3 atom stereocenters. The summed E-state index contributed by atoms with van der Waals surface area (Å²) in [7, 11) is 0. The van der Waals surface area contributed by atoms with Gasteiger partial charge in [0.15, 0.2) is 0 Å². The van der Waals surface area contributed by atoms with Gasteiger partial charge in [0.05, 0.1) is 6.61 Å². The van der Waals surface area contributed by atoms with Gasteiger partial charge in [0.2, 0.25) is 10.0 Å². The highest BCUT2D eigenvalue weighted by Gasteiger charge is 2.38. The molecule has 0 spiro atoms. The van der Waals surface area contributed by atoms with E-state index in [-0.39, 0.29) is 0 Å². The van der Waals surface area contributed by atoms with Gasteiger partial charge in [-0.25, -0.2) is 4.98 Å². The summed E-state index contributed by atoms with van der Waals surface area (Å²) in [5.74, 6) is 1.80. The fourth-order valence-corrected chi connectivity index (χ4v) is 6.99. The standard InChI is InChI=1S/C22H31N4O2S2/c27-30(25-22-23-15-24-29-22)17-9-10-18-20(11-13-28-21(18)14-17)26-12-5-4-8-19(26)16-6-2-1-3-7-16/h9-10,14-16,19-20,27H,1-8,11-13H2,(H,23,24,25)/q+1/t19-,20-,30?/m0/s1. The van der Waals surface area contributed by atoms with Crippen molar-refractivity contribution in [2.24, 2.45) is 5.92 Å². The number of nitrogens with zero attached hydrogens (tertiary/aromatic N) is 3. The summed E-state index contributed by atoms with van der Waals surface area (Å²) in [6.07, 6.45) is 13.6. The van der Waals surface area contributed by atoms with Gasteiger partial charge in [-0.05, 0) is 50.3 Å². The Morgan fingerprint density at radius 3 is 2.80 bits per heavy atom. The predicted octanol–water partition coefficient (Wildman–Crippen LogP) is 5.27. The molecule has 6 nitrogen and oxygen atoms in total. The number of fused-ring (bicyclic) bond motifs is 1. The second-order valence-electron chi connectivity index (χ2n) is 8.68. The second-order valence-corrected chi connectivity index (χ2v) is 10.7. The van der Waals surface area contributed by atoms with Crippen molar-refractivity contribution in [3.8, 4) is 5.75 Å². The van der Waals surface area contributed by atoms with Crippen molar-refractivity contribution >= 4 is 28.0 Å². The Labute approximate surface area is 185 Å². The molecule has 3 aliphatic rings. The number of likely N-dealkylation sites (tertiary alicyclic amines) is 1. The zero-order chi connectivity index (χ0) is 20.3. The molecule has 2 fully saturated rings. The summed E-state index contributed by atoms with van der Waals surface area (Å²) in [5.41, 5.74) is 1.29. The Hall–Kier alpha value is -1.35. The highest BCUT2D eigenvalue weighted by molar-refractivity contribution is 7.93. The van der Waals surface area contributed by atoms with E-state index in [0.717, 1.165) is 35.6 Å². The first kappa shape index (κ1) is 20.5. The summed E-state index contributed by atoms with van der Waals surface area (Å²) in [6, 6.07) is 7.39. The van der Waals surface area contributed by atoms with E-state index in [4.69, 9.17) is 4.74 Å². The van der Waals surface area contributed by atoms with Crippen LogP contribution in [0.15, 0.2) is 29.4 Å². The van der Waals surface area contributed by atoms with Crippen molar-refractivity contribution in [1.82, 2.24) is 14.3 Å². The summed E-state index contributed by atoms with van der Waals surface area (Å²) in [5, 5.41) is 0.626. The molecule has 0 radical (unpaired) electrons. The van der Waals surface area contributed by atoms with Crippen LogP contribution in [0.2, 0.25) is 0 Å². The van der Waals surface area contributed by atoms with Crippen LogP contribution in [0, 0.1) is 5.92 Å². The molecule has 8 heteroatoms. The van der Waals surface area contributed by atoms with Crippen molar-refractivity contribution in [3.63, 3.8) is 0 Å². The van der Waals surface area contributed by atoms with Gasteiger partial charge in [0, 0.05) is 41.7 Å². The van der Waals surface area contributed by atoms with Gasteiger partial charge < -0.3 is 4.74 Å². The SMILES string of the molecule is O[S+](Nc1ncns1)c1ccc2c(c1)OCC[C@@H]2N1CCCC[C@H]1C1CCCCC1. The molecule has 1 aromatic carbocycles. The molecule has 2 aromatic rings. The highest BCUT2D eigenvalue weighted by atomic mass is 32.2. The van der Waals surface area contributed by atoms with Crippen molar-refractivity contribution in [1.29, 1.82) is 0 Å². The van der Waals surface area contributed by atoms with Crippen molar-refractivity contribution in [2.45, 2.75) is 74.8 Å². The number of ether oxygens (including phenoxy) is 1. The van der Waals surface area contributed by atoms with E-state index >= 15 is 0 Å². The normalized spacial score (nSPS) is 26.6. The van der Waals surface area contributed by atoms with Gasteiger partial charge in [0.25, 0.3) is 0 Å². The minimum absolute atomic E-state index is 0.437. The van der Waals surface area contributed by atoms with Crippen LogP contribution in [0.4, 0.5) is 5.13 Å². The van der Waals surface area contributed by atoms with E-state index in [9.17, 15) is 4.55 Å². The molecule has 1 aromatic heterocycles. The number of piperidine rings is 1. The van der Waals surface area contributed by atoms with Gasteiger partial charge >= 0.3 is 11.4 Å². The van der Waals surface area contributed by atoms with Gasteiger partial charge in [0.1, 0.15) is 12.1 Å². The Morgan fingerprint density at radius 1 is 1.10 bits per heavy atom. The number of benzene rings is 1. The predicted molar refractivity (Wildman–Crippen MR) is 122 cm³/mol. The average Bonchev–Trinajstić information content (AvgIpc) is 3.32. The smallest absolute Gasteiger partial charge is 0.305 e. The largest absolute Gasteiger partial charge is 0.493 e. The second kappa shape index (κ2) is 9.42. The molecular formula is C22H31N4O2S2+. The monoisotopic (exact) mass is 447 g/mol. The lowest BCUT2D eigenvalue weighted by Crippen LogP contribution is -2.47. The van der Waals surface area contributed by atoms with Crippen LogP contribution in [0.5, 0.6) is 5.75 Å². The molecule has 162 valence electrons. The molecule has 1 saturated carbocycles. The first-order valence-electron chi connectivity index (χ1n) is 11.3. The van der Waals surface area contributed by atoms with E-state index in [1.165, 1.54) is 81.3 Å². The summed E-state index contributed by atoms with van der Waals surface area (Å²) < 4.78 is 23.7. The molecule has 3 heterocycles. The van der Waals surface area contributed by atoms with Crippen LogP contribution in [-0.2, 0) is 11.4 Å². The summed E-state index contributed by atoms with van der Waals surface area (Å²) in [6.45, 7) is 1.95. The molecular weight excluding hydrogens is 416 g/mol. The maximum Gasteiger partial charge on any atom is 0.305 e. The third kappa shape index (κ3) is 4.33. The van der Waals surface area contributed by atoms with E-state index < -0.39 is 11.4 Å². The Bertz CT molecular complexity index is 829. The zero-order valence-electron chi connectivity index (χ0n) is 17.3. The molecule has 1 saturated heterocycles. The van der Waals surface area contributed by atoms with E-state index in [1.54, 1.807) is 0 Å². The first-order chi connectivity index (χ1) is 14.8. The van der Waals surface area contributed by atoms with Crippen LogP contribution in [-0.4, -0.2) is 38.0 Å². The number of rotatable bonds is 5. The van der Waals surface area contributed by atoms with Crippen molar-refractivity contribution < 1.29 is 9.29 Å². The number of nitrogens with one attached hydrogen (secondary N) is 1. The molecule has 2 aliphatic heterocycles. The average molecular weight is 448 g/mol. The summed E-state index contributed by atoms with van der Waals surface area (Å²) in [4.78, 5) is 7.74. The number of hydrogen-bond donors (Lipinski definition) is 2. The number of anilines is 1. The third-order valence-electron chi connectivity index (χ3n) is 6.95. The van der Waals surface area contributed by atoms with Gasteiger partial charge in [-0.3, -0.25) is 4.90 Å². The van der Waals surface area contributed by atoms with Crippen LogP contribution in [0.3, 0.4) is 0 Å². The van der Waals surface area contributed by atoms with Crippen molar-refractivity contribution in [2.75, 3.05) is 17.9 Å². The Balaban J connectivity index is 1.36. The fraction of sp³-hybridized carbons (Fsp3) is 0.636. The van der Waals surface area contributed by atoms with Gasteiger partial charge in [-0.15, -0.1) is 4.72 Å². The Morgan fingerprint density at radius 2 is 1.97 bits per heavy atom. The van der Waals surface area contributed by atoms with Crippen molar-refractivity contribution in [3.05, 3.63) is 30.1 Å². The van der Waals surface area contributed by atoms with E-state index in [1.807, 2.05) is 12.1 Å². The molecule has 30 heavy (non-hydrogen) atoms. The maximum atomic E-state index is 10.6. The quantitative estimate of drug-likeness (QED) is 0.608. The van der Waals surface area contributed by atoms with Crippen LogP contribution < -0.4 is 9.46 Å². The van der Waals surface area contributed by atoms with Crippen LogP contribution in [0.1, 0.15) is 69.4 Å². The zero-order valence-corrected chi connectivity index (χ0v) is 19.0. The lowest BCUT2D eigenvalue weighted by atomic mass is 9.78. The van der Waals surface area contributed by atoms with Crippen LogP contribution >= 0.6 is 11.5 Å². The number of aromatic nitrogens is 2. The summed E-state index contributed by atoms with van der Waals surface area (Å²) >= 11 is 0.121. The molecule has 1 aliphatic carbocycles. The van der Waals surface area contributed by atoms with Gasteiger partial charge in [-0.1, -0.05) is 25.7 Å². The molecule has 0 amide bonds. The minimum Gasteiger partial charge on any atom is -0.493 e. The topological polar surface area (TPSA) is 70.5 Å². The molecule has 5 rings (SSSR count). The van der Waals surface area contributed by atoms with E-state index in [2.05, 4.69) is 25.0 Å². The van der Waals surface area contributed by atoms with Gasteiger partial charge in [-0.2, -0.15) is 8.93 Å². The Kier molecular flexibility index (Phi) is 6.45. The highest BCUT2D eigenvalue weighted by Crippen LogP contribution is 2.43. The van der Waals surface area contributed by atoms with Crippen LogP contribution in [0.25, 0.3) is 0 Å². The lowest BCUT2D eigenvalue weighted by Gasteiger charge is -2.47. The first-order valence-corrected chi connectivity index (χ1v) is 13.2. The minimum atomic E-state index is -1.12. The molecule has 1 unspecified atom stereocenters. The maximum absolute atomic E-state index is 10.6. The third-order valence-corrected chi connectivity index (χ3v) is 8.74. The van der Waals surface area contributed by atoms with E-state index in [0.29, 0.717) is 11.2 Å². The lowest BCUT2D eigenvalue weighted by molar-refractivity contribution is 0.0260. The molecule has 0 bridgehead atoms.